The smallest absolute Gasteiger partial charge is 0.225 e. The molecule has 4 nitrogen and oxygen atoms in total. The third-order valence-electron chi connectivity index (χ3n) is 2.96. The van der Waals surface area contributed by atoms with Gasteiger partial charge in [0.1, 0.15) is 0 Å². The lowest BCUT2D eigenvalue weighted by molar-refractivity contribution is -0.125. The topological polar surface area (TPSA) is 64.3 Å². The van der Waals surface area contributed by atoms with Crippen molar-refractivity contribution < 1.29 is 9.53 Å². The highest BCUT2D eigenvalue weighted by molar-refractivity contribution is 5.79. The van der Waals surface area contributed by atoms with E-state index in [1.807, 2.05) is 6.92 Å². The number of nitrogens with two attached hydrogens (primary N) is 1. The Morgan fingerprint density at radius 1 is 1.56 bits per heavy atom. The molecule has 1 rings (SSSR count). The Hall–Kier alpha value is -0.610. The fourth-order valence-corrected chi connectivity index (χ4v) is 2.10. The monoisotopic (exact) mass is 228 g/mol. The second-order valence-corrected chi connectivity index (χ2v) is 5.15. The highest BCUT2D eigenvalue weighted by atomic mass is 16.5. The molecule has 0 spiro atoms. The van der Waals surface area contributed by atoms with E-state index in [0.717, 1.165) is 12.8 Å². The van der Waals surface area contributed by atoms with Gasteiger partial charge in [0, 0.05) is 12.6 Å². The standard InChI is InChI=1S/C12H24N2O2/c1-8(2)4-11(6-13)14-12(15)10-5-9(3)16-7-10/h8-11H,4-7,13H2,1-3H3,(H,14,15). The van der Waals surface area contributed by atoms with Gasteiger partial charge < -0.3 is 15.8 Å². The largest absolute Gasteiger partial charge is 0.378 e. The van der Waals surface area contributed by atoms with Crippen LogP contribution in [0.1, 0.15) is 33.6 Å². The molecular weight excluding hydrogens is 204 g/mol. The molecule has 1 fully saturated rings. The predicted molar refractivity (Wildman–Crippen MR) is 64.0 cm³/mol. The average molecular weight is 228 g/mol. The quantitative estimate of drug-likeness (QED) is 0.735. The van der Waals surface area contributed by atoms with Crippen molar-refractivity contribution >= 4 is 5.91 Å². The van der Waals surface area contributed by atoms with E-state index in [1.165, 1.54) is 0 Å². The molecular formula is C12H24N2O2. The van der Waals surface area contributed by atoms with Crippen molar-refractivity contribution in [1.29, 1.82) is 0 Å². The summed E-state index contributed by atoms with van der Waals surface area (Å²) in [6.45, 7) is 7.33. The SMILES string of the molecule is CC(C)CC(CN)NC(=O)C1COC(C)C1. The van der Waals surface area contributed by atoms with Crippen LogP contribution in [0.25, 0.3) is 0 Å². The van der Waals surface area contributed by atoms with Crippen molar-refractivity contribution in [3.05, 3.63) is 0 Å². The Balaban J connectivity index is 2.36. The molecule has 0 aromatic heterocycles. The molecule has 0 saturated carbocycles. The van der Waals surface area contributed by atoms with Crippen LogP contribution >= 0.6 is 0 Å². The van der Waals surface area contributed by atoms with Gasteiger partial charge in [0.25, 0.3) is 0 Å². The summed E-state index contributed by atoms with van der Waals surface area (Å²) in [6.07, 6.45) is 1.97. The molecule has 16 heavy (non-hydrogen) atoms. The van der Waals surface area contributed by atoms with Gasteiger partial charge in [-0.1, -0.05) is 13.8 Å². The first kappa shape index (κ1) is 13.5. The summed E-state index contributed by atoms with van der Waals surface area (Å²) in [5.41, 5.74) is 5.65. The molecule has 0 radical (unpaired) electrons. The zero-order chi connectivity index (χ0) is 12.1. The van der Waals surface area contributed by atoms with Gasteiger partial charge in [0.2, 0.25) is 5.91 Å². The molecule has 1 amide bonds. The summed E-state index contributed by atoms with van der Waals surface area (Å²) in [5, 5.41) is 3.02. The molecule has 0 aromatic carbocycles. The van der Waals surface area contributed by atoms with Crippen LogP contribution < -0.4 is 11.1 Å². The Kier molecular flexibility index (Phi) is 5.22. The highest BCUT2D eigenvalue weighted by Gasteiger charge is 2.29. The van der Waals surface area contributed by atoms with Gasteiger partial charge in [-0.05, 0) is 25.7 Å². The van der Waals surface area contributed by atoms with Crippen LogP contribution in [0.3, 0.4) is 0 Å². The van der Waals surface area contributed by atoms with Crippen molar-refractivity contribution in [1.82, 2.24) is 5.32 Å². The van der Waals surface area contributed by atoms with E-state index < -0.39 is 0 Å². The second kappa shape index (κ2) is 6.21. The van der Waals surface area contributed by atoms with Crippen molar-refractivity contribution in [3.63, 3.8) is 0 Å². The van der Waals surface area contributed by atoms with Crippen molar-refractivity contribution in [3.8, 4) is 0 Å². The number of carbonyl (C=O) groups is 1. The first-order valence-corrected chi connectivity index (χ1v) is 6.15. The van der Waals surface area contributed by atoms with Gasteiger partial charge >= 0.3 is 0 Å². The van der Waals surface area contributed by atoms with Crippen LogP contribution in [-0.4, -0.2) is 31.2 Å². The van der Waals surface area contributed by atoms with E-state index in [-0.39, 0.29) is 24.0 Å². The Morgan fingerprint density at radius 3 is 2.69 bits per heavy atom. The lowest BCUT2D eigenvalue weighted by Gasteiger charge is -2.20. The third-order valence-corrected chi connectivity index (χ3v) is 2.96. The maximum absolute atomic E-state index is 11.9. The Morgan fingerprint density at radius 2 is 2.25 bits per heavy atom. The summed E-state index contributed by atoms with van der Waals surface area (Å²) in [5.74, 6) is 0.657. The average Bonchev–Trinajstić information content (AvgIpc) is 2.63. The van der Waals surface area contributed by atoms with Crippen molar-refractivity contribution in [2.24, 2.45) is 17.6 Å². The number of carbonyl (C=O) groups excluding carboxylic acids is 1. The minimum atomic E-state index is 0.0104. The molecule has 0 aliphatic carbocycles. The molecule has 3 N–H and O–H groups in total. The van der Waals surface area contributed by atoms with Crippen molar-refractivity contribution in [2.75, 3.05) is 13.2 Å². The molecule has 94 valence electrons. The van der Waals surface area contributed by atoms with Crippen LogP contribution in [0.5, 0.6) is 0 Å². The summed E-state index contributed by atoms with van der Waals surface area (Å²) in [4.78, 5) is 11.9. The van der Waals surface area contributed by atoms with Crippen LogP contribution in [0.2, 0.25) is 0 Å². The van der Waals surface area contributed by atoms with E-state index in [2.05, 4.69) is 19.2 Å². The number of hydrogen-bond acceptors (Lipinski definition) is 3. The lowest BCUT2D eigenvalue weighted by Crippen LogP contribution is -2.44. The summed E-state index contributed by atoms with van der Waals surface area (Å²) >= 11 is 0. The van der Waals surface area contributed by atoms with E-state index in [9.17, 15) is 4.79 Å². The van der Waals surface area contributed by atoms with Gasteiger partial charge in [0.05, 0.1) is 18.6 Å². The zero-order valence-electron chi connectivity index (χ0n) is 10.5. The minimum Gasteiger partial charge on any atom is -0.378 e. The summed E-state index contributed by atoms with van der Waals surface area (Å²) in [6, 6.07) is 0.100. The maximum Gasteiger partial charge on any atom is 0.225 e. The van der Waals surface area contributed by atoms with Crippen molar-refractivity contribution in [2.45, 2.75) is 45.8 Å². The molecule has 3 unspecified atom stereocenters. The molecule has 1 saturated heterocycles. The highest BCUT2D eigenvalue weighted by Crippen LogP contribution is 2.19. The minimum absolute atomic E-state index is 0.0104. The number of rotatable bonds is 5. The molecule has 1 aliphatic heterocycles. The molecule has 0 bridgehead atoms. The fraction of sp³-hybridized carbons (Fsp3) is 0.917. The Bertz CT molecular complexity index is 231. The van der Waals surface area contributed by atoms with Crippen LogP contribution in [-0.2, 0) is 9.53 Å². The van der Waals surface area contributed by atoms with E-state index in [0.29, 0.717) is 19.1 Å². The zero-order valence-corrected chi connectivity index (χ0v) is 10.5. The second-order valence-electron chi connectivity index (χ2n) is 5.15. The molecule has 1 heterocycles. The van der Waals surface area contributed by atoms with Gasteiger partial charge in [-0.2, -0.15) is 0 Å². The number of nitrogens with one attached hydrogen (secondary N) is 1. The lowest BCUT2D eigenvalue weighted by atomic mass is 10.0. The maximum atomic E-state index is 11.9. The summed E-state index contributed by atoms with van der Waals surface area (Å²) in [7, 11) is 0. The molecule has 0 aromatic rings. The Labute approximate surface area is 97.9 Å². The van der Waals surface area contributed by atoms with Crippen LogP contribution in [0, 0.1) is 11.8 Å². The molecule has 1 aliphatic rings. The van der Waals surface area contributed by atoms with Gasteiger partial charge in [-0.15, -0.1) is 0 Å². The fourth-order valence-electron chi connectivity index (χ4n) is 2.10. The third kappa shape index (κ3) is 4.10. The normalized spacial score (nSPS) is 27.1. The van der Waals surface area contributed by atoms with E-state index in [1.54, 1.807) is 0 Å². The molecule has 4 heteroatoms. The van der Waals surface area contributed by atoms with E-state index in [4.69, 9.17) is 10.5 Å². The van der Waals surface area contributed by atoms with Crippen LogP contribution in [0.15, 0.2) is 0 Å². The number of ether oxygens (including phenoxy) is 1. The number of hydrogen-bond donors (Lipinski definition) is 2. The van der Waals surface area contributed by atoms with Gasteiger partial charge in [-0.25, -0.2) is 0 Å². The van der Waals surface area contributed by atoms with Gasteiger partial charge in [0.15, 0.2) is 0 Å². The first-order chi connectivity index (χ1) is 7.52. The summed E-state index contributed by atoms with van der Waals surface area (Å²) < 4.78 is 5.39. The molecule has 3 atom stereocenters. The first-order valence-electron chi connectivity index (χ1n) is 6.15. The van der Waals surface area contributed by atoms with E-state index >= 15 is 0 Å². The van der Waals surface area contributed by atoms with Crippen LogP contribution in [0.4, 0.5) is 0 Å². The number of amides is 1. The van der Waals surface area contributed by atoms with Gasteiger partial charge in [-0.3, -0.25) is 4.79 Å². The predicted octanol–water partition coefficient (Wildman–Crippen LogP) is 0.901.